The number of amides is 1. The Hall–Kier alpha value is -2.45. The summed E-state index contributed by atoms with van der Waals surface area (Å²) >= 11 is 0. The number of halogens is 1. The molecule has 0 aromatic heterocycles. The third-order valence-electron chi connectivity index (χ3n) is 3.11. The van der Waals surface area contributed by atoms with Gasteiger partial charge in [0.1, 0.15) is 11.6 Å². The van der Waals surface area contributed by atoms with Gasteiger partial charge in [0.15, 0.2) is 0 Å². The molecule has 0 bridgehead atoms. The number of hydrogen-bond donors (Lipinski definition) is 2. The largest absolute Gasteiger partial charge is 0.506 e. The summed E-state index contributed by atoms with van der Waals surface area (Å²) in [7, 11) is -1.13. The van der Waals surface area contributed by atoms with Crippen LogP contribution in [0.3, 0.4) is 0 Å². The topological polar surface area (TPSA) is 86.7 Å². The molecular weight excluding hydrogens is 323 g/mol. The number of rotatable bonds is 4. The number of carbonyl (C=O) groups excluding carboxylic acids is 1. The van der Waals surface area contributed by atoms with Crippen molar-refractivity contribution >= 4 is 21.6 Å². The molecule has 0 aliphatic rings. The summed E-state index contributed by atoms with van der Waals surface area (Å²) in [5, 5.41) is 12.0. The van der Waals surface area contributed by atoms with Crippen LogP contribution in [0.25, 0.3) is 0 Å². The average Bonchev–Trinajstić information content (AvgIpc) is 2.49. The molecule has 2 aromatic carbocycles. The molecule has 122 valence electrons. The van der Waals surface area contributed by atoms with Gasteiger partial charge in [0.2, 0.25) is 10.0 Å². The third-order valence-corrected chi connectivity index (χ3v) is 4.92. The number of nitrogens with one attached hydrogen (secondary N) is 1. The fraction of sp³-hybridized carbons (Fsp3) is 0.133. The fourth-order valence-corrected chi connectivity index (χ4v) is 2.75. The Kier molecular flexibility index (Phi) is 4.67. The molecule has 0 fully saturated rings. The van der Waals surface area contributed by atoms with E-state index in [1.54, 1.807) is 12.1 Å². The zero-order valence-corrected chi connectivity index (χ0v) is 13.3. The third kappa shape index (κ3) is 3.49. The minimum absolute atomic E-state index is 0.0952. The van der Waals surface area contributed by atoms with Crippen LogP contribution in [0.4, 0.5) is 10.1 Å². The van der Waals surface area contributed by atoms with Crippen LogP contribution in [0, 0.1) is 5.82 Å². The molecule has 23 heavy (non-hydrogen) atoms. The Morgan fingerprint density at radius 1 is 1.17 bits per heavy atom. The van der Waals surface area contributed by atoms with Crippen molar-refractivity contribution < 1.29 is 22.7 Å². The summed E-state index contributed by atoms with van der Waals surface area (Å²) < 4.78 is 39.0. The predicted octanol–water partition coefficient (Wildman–Crippen LogP) is 2.03. The molecule has 1 amide bonds. The monoisotopic (exact) mass is 338 g/mol. The number of anilines is 1. The smallest absolute Gasteiger partial charge is 0.258 e. The zero-order chi connectivity index (χ0) is 17.2. The molecule has 0 saturated carbocycles. The van der Waals surface area contributed by atoms with Crippen molar-refractivity contribution in [2.45, 2.75) is 4.90 Å². The number of hydrogen-bond acceptors (Lipinski definition) is 4. The van der Waals surface area contributed by atoms with E-state index >= 15 is 0 Å². The lowest BCUT2D eigenvalue weighted by molar-refractivity contribution is 0.102. The number of aromatic hydroxyl groups is 1. The summed E-state index contributed by atoms with van der Waals surface area (Å²) in [6.07, 6.45) is 0. The molecule has 6 nitrogen and oxygen atoms in total. The van der Waals surface area contributed by atoms with Crippen LogP contribution in [-0.2, 0) is 10.0 Å². The van der Waals surface area contributed by atoms with Gasteiger partial charge in [-0.15, -0.1) is 0 Å². The first-order chi connectivity index (χ1) is 10.7. The van der Waals surface area contributed by atoms with Crippen molar-refractivity contribution in [2.75, 3.05) is 19.4 Å². The van der Waals surface area contributed by atoms with Crippen molar-refractivity contribution in [1.82, 2.24) is 4.31 Å². The standard InChI is InChI=1S/C15H15FN2O4S/c1-18(2)23(21,22)10-7-8-12(16)11(9-10)15(20)17-13-5-3-4-6-14(13)19/h3-9,19H,1-2H3,(H,17,20). The second kappa shape index (κ2) is 6.35. The maximum Gasteiger partial charge on any atom is 0.258 e. The number of phenols is 1. The summed E-state index contributed by atoms with van der Waals surface area (Å²) in [6.45, 7) is 0. The highest BCUT2D eigenvalue weighted by molar-refractivity contribution is 7.89. The van der Waals surface area contributed by atoms with E-state index in [1.807, 2.05) is 0 Å². The second-order valence-electron chi connectivity index (χ2n) is 4.90. The lowest BCUT2D eigenvalue weighted by Crippen LogP contribution is -2.23. The molecule has 0 unspecified atom stereocenters. The van der Waals surface area contributed by atoms with Gasteiger partial charge >= 0.3 is 0 Å². The van der Waals surface area contributed by atoms with E-state index in [-0.39, 0.29) is 16.3 Å². The summed E-state index contributed by atoms with van der Waals surface area (Å²) in [6, 6.07) is 8.90. The number of benzene rings is 2. The molecule has 0 saturated heterocycles. The number of nitrogens with zero attached hydrogens (tertiary/aromatic N) is 1. The van der Waals surface area contributed by atoms with Crippen LogP contribution in [0.1, 0.15) is 10.4 Å². The first kappa shape index (κ1) is 16.9. The van der Waals surface area contributed by atoms with E-state index in [1.165, 1.54) is 26.2 Å². The van der Waals surface area contributed by atoms with Gasteiger partial charge in [-0.3, -0.25) is 4.79 Å². The van der Waals surface area contributed by atoms with Crippen LogP contribution >= 0.6 is 0 Å². The molecule has 0 spiro atoms. The number of phenolic OH excluding ortho intramolecular Hbond substituents is 1. The van der Waals surface area contributed by atoms with E-state index in [4.69, 9.17) is 0 Å². The SMILES string of the molecule is CN(C)S(=O)(=O)c1ccc(F)c(C(=O)Nc2ccccc2O)c1. The minimum Gasteiger partial charge on any atom is -0.506 e. The maximum absolute atomic E-state index is 13.9. The van der Waals surface area contributed by atoms with Gasteiger partial charge in [0.05, 0.1) is 16.1 Å². The first-order valence-corrected chi connectivity index (χ1v) is 7.99. The molecular formula is C15H15FN2O4S. The highest BCUT2D eigenvalue weighted by Gasteiger charge is 2.21. The number of sulfonamides is 1. The van der Waals surface area contributed by atoms with Crippen LogP contribution in [-0.4, -0.2) is 37.8 Å². The van der Waals surface area contributed by atoms with Gasteiger partial charge in [-0.2, -0.15) is 0 Å². The van der Waals surface area contributed by atoms with Gasteiger partial charge in [-0.25, -0.2) is 17.1 Å². The molecule has 0 aliphatic carbocycles. The van der Waals surface area contributed by atoms with E-state index in [0.29, 0.717) is 0 Å². The summed E-state index contributed by atoms with van der Waals surface area (Å²) in [4.78, 5) is 12.0. The highest BCUT2D eigenvalue weighted by atomic mass is 32.2. The Labute approximate surface area is 133 Å². The summed E-state index contributed by atoms with van der Waals surface area (Å²) in [5.74, 6) is -1.91. The zero-order valence-electron chi connectivity index (χ0n) is 12.4. The van der Waals surface area contributed by atoms with Gasteiger partial charge in [0.25, 0.3) is 5.91 Å². The van der Waals surface area contributed by atoms with E-state index in [2.05, 4.69) is 5.32 Å². The van der Waals surface area contributed by atoms with Gasteiger partial charge in [-0.1, -0.05) is 12.1 Å². The van der Waals surface area contributed by atoms with Crippen LogP contribution in [0.2, 0.25) is 0 Å². The highest BCUT2D eigenvalue weighted by Crippen LogP contribution is 2.24. The molecule has 0 heterocycles. The number of para-hydroxylation sites is 2. The lowest BCUT2D eigenvalue weighted by atomic mass is 10.2. The Morgan fingerprint density at radius 3 is 2.43 bits per heavy atom. The minimum atomic E-state index is -3.79. The maximum atomic E-state index is 13.9. The average molecular weight is 338 g/mol. The Balaban J connectivity index is 2.40. The van der Waals surface area contributed by atoms with Crippen molar-refractivity contribution in [2.24, 2.45) is 0 Å². The first-order valence-electron chi connectivity index (χ1n) is 6.55. The van der Waals surface area contributed by atoms with Gasteiger partial charge < -0.3 is 10.4 Å². The summed E-state index contributed by atoms with van der Waals surface area (Å²) in [5.41, 5.74) is -0.339. The van der Waals surface area contributed by atoms with E-state index in [0.717, 1.165) is 22.5 Å². The molecule has 8 heteroatoms. The van der Waals surface area contributed by atoms with Crippen molar-refractivity contribution in [1.29, 1.82) is 0 Å². The fourth-order valence-electron chi connectivity index (χ4n) is 1.82. The van der Waals surface area contributed by atoms with Crippen LogP contribution in [0.15, 0.2) is 47.4 Å². The van der Waals surface area contributed by atoms with Crippen molar-refractivity contribution in [3.8, 4) is 5.75 Å². The molecule has 2 rings (SSSR count). The number of carbonyl (C=O) groups is 1. The van der Waals surface area contributed by atoms with Gasteiger partial charge in [-0.05, 0) is 30.3 Å². The Morgan fingerprint density at radius 2 is 1.83 bits per heavy atom. The normalized spacial score (nSPS) is 11.5. The van der Waals surface area contributed by atoms with Crippen LogP contribution in [0.5, 0.6) is 5.75 Å². The molecule has 2 N–H and O–H groups in total. The second-order valence-corrected chi connectivity index (χ2v) is 7.05. The van der Waals surface area contributed by atoms with Crippen molar-refractivity contribution in [3.63, 3.8) is 0 Å². The molecule has 0 radical (unpaired) electrons. The Bertz CT molecular complexity index is 850. The molecule has 0 atom stereocenters. The van der Waals surface area contributed by atoms with Gasteiger partial charge in [0, 0.05) is 14.1 Å². The van der Waals surface area contributed by atoms with E-state index < -0.39 is 27.3 Å². The van der Waals surface area contributed by atoms with E-state index in [9.17, 15) is 22.7 Å². The van der Waals surface area contributed by atoms with Crippen molar-refractivity contribution in [3.05, 3.63) is 53.8 Å². The van der Waals surface area contributed by atoms with Crippen LogP contribution < -0.4 is 5.32 Å². The molecule has 0 aliphatic heterocycles. The molecule has 2 aromatic rings. The predicted molar refractivity (Wildman–Crippen MR) is 83.3 cm³/mol. The quantitative estimate of drug-likeness (QED) is 0.835. The lowest BCUT2D eigenvalue weighted by Gasteiger charge is -2.13.